The van der Waals surface area contributed by atoms with E-state index in [9.17, 15) is 0 Å². The molecule has 0 spiro atoms. The van der Waals surface area contributed by atoms with E-state index < -0.39 is 0 Å². The van der Waals surface area contributed by atoms with Crippen molar-refractivity contribution in [2.45, 2.75) is 19.8 Å². The standard InChI is InChI=1S/C11H16N4S/c1-2-8-4-6-15(7-8)11-13-5-3-9(14-11)10(12)16/h3,5,8H,2,4,6-7H2,1H3,(H2,12,16). The quantitative estimate of drug-likeness (QED) is 0.803. The molecular formula is C11H16N4S. The highest BCUT2D eigenvalue weighted by molar-refractivity contribution is 7.80. The van der Waals surface area contributed by atoms with Crippen LogP contribution in [0.3, 0.4) is 0 Å². The maximum Gasteiger partial charge on any atom is 0.225 e. The van der Waals surface area contributed by atoms with Crippen LogP contribution in [0, 0.1) is 5.92 Å². The molecule has 1 aliphatic heterocycles. The van der Waals surface area contributed by atoms with Crippen LogP contribution in [0.5, 0.6) is 0 Å². The molecule has 0 radical (unpaired) electrons. The molecule has 1 fully saturated rings. The summed E-state index contributed by atoms with van der Waals surface area (Å²) in [5, 5.41) is 0. The lowest BCUT2D eigenvalue weighted by Gasteiger charge is -2.16. The van der Waals surface area contributed by atoms with Gasteiger partial charge >= 0.3 is 0 Å². The van der Waals surface area contributed by atoms with Gasteiger partial charge < -0.3 is 10.6 Å². The van der Waals surface area contributed by atoms with Crippen LogP contribution >= 0.6 is 12.2 Å². The summed E-state index contributed by atoms with van der Waals surface area (Å²) in [5.41, 5.74) is 6.21. The number of hydrogen-bond donors (Lipinski definition) is 1. The highest BCUT2D eigenvalue weighted by Gasteiger charge is 2.22. The van der Waals surface area contributed by atoms with E-state index in [-0.39, 0.29) is 0 Å². The van der Waals surface area contributed by atoms with Crippen LogP contribution in [0.4, 0.5) is 5.95 Å². The van der Waals surface area contributed by atoms with E-state index in [0.29, 0.717) is 10.7 Å². The van der Waals surface area contributed by atoms with Gasteiger partial charge in [0, 0.05) is 19.3 Å². The van der Waals surface area contributed by atoms with Gasteiger partial charge in [-0.05, 0) is 18.4 Å². The van der Waals surface area contributed by atoms with Crippen LogP contribution in [0.25, 0.3) is 0 Å². The molecule has 1 aromatic heterocycles. The second-order valence-electron chi connectivity index (χ2n) is 4.12. The third-order valence-corrected chi connectivity index (χ3v) is 3.25. The molecule has 2 heterocycles. The predicted octanol–water partition coefficient (Wildman–Crippen LogP) is 1.35. The summed E-state index contributed by atoms with van der Waals surface area (Å²) in [6.45, 7) is 4.29. The van der Waals surface area contributed by atoms with Gasteiger partial charge in [-0.25, -0.2) is 9.97 Å². The van der Waals surface area contributed by atoms with E-state index in [0.717, 1.165) is 25.0 Å². The topological polar surface area (TPSA) is 55.0 Å². The lowest BCUT2D eigenvalue weighted by Crippen LogP contribution is -2.23. The summed E-state index contributed by atoms with van der Waals surface area (Å²) < 4.78 is 0. The van der Waals surface area contributed by atoms with Crippen LogP contribution < -0.4 is 10.6 Å². The van der Waals surface area contributed by atoms with Crippen LogP contribution in [-0.2, 0) is 0 Å². The van der Waals surface area contributed by atoms with E-state index in [1.807, 2.05) is 0 Å². The van der Waals surface area contributed by atoms with Gasteiger partial charge in [0.2, 0.25) is 5.95 Å². The SMILES string of the molecule is CCC1CCN(c2nccc(C(N)=S)n2)C1. The fraction of sp³-hybridized carbons (Fsp3) is 0.545. The molecule has 1 unspecified atom stereocenters. The minimum absolute atomic E-state index is 0.329. The number of rotatable bonds is 3. The van der Waals surface area contributed by atoms with E-state index in [1.165, 1.54) is 12.8 Å². The minimum atomic E-state index is 0.329. The average Bonchev–Trinajstić information content (AvgIpc) is 2.77. The molecule has 1 aliphatic rings. The van der Waals surface area contributed by atoms with Gasteiger partial charge in [0.05, 0.1) is 0 Å². The van der Waals surface area contributed by atoms with Crippen LogP contribution in [-0.4, -0.2) is 28.0 Å². The Morgan fingerprint density at radius 3 is 3.12 bits per heavy atom. The summed E-state index contributed by atoms with van der Waals surface area (Å²) in [4.78, 5) is 11.2. The highest BCUT2D eigenvalue weighted by atomic mass is 32.1. The summed E-state index contributed by atoms with van der Waals surface area (Å²) in [5.74, 6) is 1.51. The first kappa shape index (κ1) is 11.3. The Balaban J connectivity index is 2.15. The Kier molecular flexibility index (Phi) is 3.33. The zero-order valence-corrected chi connectivity index (χ0v) is 10.2. The normalized spacial score (nSPS) is 20.1. The van der Waals surface area contributed by atoms with Crippen molar-refractivity contribution in [3.8, 4) is 0 Å². The Morgan fingerprint density at radius 2 is 2.50 bits per heavy atom. The van der Waals surface area contributed by atoms with Gasteiger partial charge in [0.1, 0.15) is 10.7 Å². The molecule has 1 atom stereocenters. The molecule has 0 amide bonds. The number of anilines is 1. The van der Waals surface area contributed by atoms with Crippen molar-refractivity contribution < 1.29 is 0 Å². The summed E-state index contributed by atoms with van der Waals surface area (Å²) >= 11 is 4.91. The molecule has 2 N–H and O–H groups in total. The Hall–Kier alpha value is -1.23. The Bertz CT molecular complexity index is 393. The maximum absolute atomic E-state index is 5.56. The van der Waals surface area contributed by atoms with Gasteiger partial charge in [-0.1, -0.05) is 25.6 Å². The lowest BCUT2D eigenvalue weighted by molar-refractivity contribution is 0.568. The number of aromatic nitrogens is 2. The zero-order chi connectivity index (χ0) is 11.5. The molecule has 4 nitrogen and oxygen atoms in total. The molecular weight excluding hydrogens is 220 g/mol. The van der Waals surface area contributed by atoms with Crippen LogP contribution in [0.1, 0.15) is 25.5 Å². The fourth-order valence-electron chi connectivity index (χ4n) is 1.99. The molecule has 0 aromatic carbocycles. The first-order valence-corrected chi connectivity index (χ1v) is 5.99. The average molecular weight is 236 g/mol. The van der Waals surface area contributed by atoms with Crippen molar-refractivity contribution in [1.82, 2.24) is 9.97 Å². The molecule has 2 rings (SSSR count). The zero-order valence-electron chi connectivity index (χ0n) is 9.39. The lowest BCUT2D eigenvalue weighted by atomic mass is 10.1. The monoisotopic (exact) mass is 236 g/mol. The van der Waals surface area contributed by atoms with Crippen molar-refractivity contribution in [1.29, 1.82) is 0 Å². The molecule has 0 saturated carbocycles. The number of hydrogen-bond acceptors (Lipinski definition) is 4. The molecule has 1 aromatic rings. The second-order valence-corrected chi connectivity index (χ2v) is 4.55. The van der Waals surface area contributed by atoms with E-state index in [4.69, 9.17) is 18.0 Å². The van der Waals surface area contributed by atoms with Crippen molar-refractivity contribution in [3.05, 3.63) is 18.0 Å². The minimum Gasteiger partial charge on any atom is -0.388 e. The third-order valence-electron chi connectivity index (χ3n) is 3.04. The molecule has 86 valence electrons. The molecule has 16 heavy (non-hydrogen) atoms. The van der Waals surface area contributed by atoms with Crippen molar-refractivity contribution in [3.63, 3.8) is 0 Å². The first-order valence-electron chi connectivity index (χ1n) is 5.58. The third kappa shape index (κ3) is 2.29. The predicted molar refractivity (Wildman–Crippen MR) is 68.5 cm³/mol. The second kappa shape index (κ2) is 4.74. The first-order chi connectivity index (χ1) is 7.70. The van der Waals surface area contributed by atoms with Crippen LogP contribution in [0.15, 0.2) is 12.3 Å². The van der Waals surface area contributed by atoms with Crippen molar-refractivity contribution in [2.24, 2.45) is 11.7 Å². The maximum atomic E-state index is 5.56. The Labute approximate surface area is 101 Å². The van der Waals surface area contributed by atoms with Crippen molar-refractivity contribution >= 4 is 23.2 Å². The summed E-state index contributed by atoms with van der Waals surface area (Å²) in [6, 6.07) is 1.75. The van der Waals surface area contributed by atoms with Gasteiger partial charge in [0.15, 0.2) is 0 Å². The summed E-state index contributed by atoms with van der Waals surface area (Å²) in [7, 11) is 0. The van der Waals surface area contributed by atoms with Crippen molar-refractivity contribution in [2.75, 3.05) is 18.0 Å². The van der Waals surface area contributed by atoms with Gasteiger partial charge in [0.25, 0.3) is 0 Å². The number of nitrogens with two attached hydrogens (primary N) is 1. The Morgan fingerprint density at radius 1 is 1.69 bits per heavy atom. The number of thiocarbonyl (C=S) groups is 1. The largest absolute Gasteiger partial charge is 0.388 e. The van der Waals surface area contributed by atoms with Gasteiger partial charge in [-0.2, -0.15) is 0 Å². The molecule has 0 aliphatic carbocycles. The van der Waals surface area contributed by atoms with E-state index in [2.05, 4.69) is 21.8 Å². The fourth-order valence-corrected chi connectivity index (χ4v) is 2.10. The van der Waals surface area contributed by atoms with Gasteiger partial charge in [-0.3, -0.25) is 0 Å². The number of nitrogens with zero attached hydrogens (tertiary/aromatic N) is 3. The summed E-state index contributed by atoms with van der Waals surface area (Å²) in [6.07, 6.45) is 4.15. The van der Waals surface area contributed by atoms with E-state index >= 15 is 0 Å². The van der Waals surface area contributed by atoms with Crippen LogP contribution in [0.2, 0.25) is 0 Å². The van der Waals surface area contributed by atoms with Gasteiger partial charge in [-0.15, -0.1) is 0 Å². The van der Waals surface area contributed by atoms with E-state index in [1.54, 1.807) is 12.3 Å². The molecule has 5 heteroatoms. The molecule has 0 bridgehead atoms. The smallest absolute Gasteiger partial charge is 0.225 e. The molecule has 1 saturated heterocycles. The highest BCUT2D eigenvalue weighted by Crippen LogP contribution is 2.22.